The molecule has 0 radical (unpaired) electrons. The van der Waals surface area contributed by atoms with Crippen LogP contribution in [0.15, 0.2) is 46.3 Å². The van der Waals surface area contributed by atoms with Crippen LogP contribution in [-0.2, 0) is 16.1 Å². The molecule has 2 aromatic heterocycles. The quantitative estimate of drug-likeness (QED) is 0.415. The predicted molar refractivity (Wildman–Crippen MR) is 128 cm³/mol. The van der Waals surface area contributed by atoms with Crippen LogP contribution in [0.3, 0.4) is 0 Å². The molecule has 1 aromatic carbocycles. The van der Waals surface area contributed by atoms with Gasteiger partial charge in [-0.2, -0.15) is 0 Å². The summed E-state index contributed by atoms with van der Waals surface area (Å²) in [4.78, 5) is 37.4. The van der Waals surface area contributed by atoms with Gasteiger partial charge in [-0.25, -0.2) is 9.48 Å². The molecule has 190 valence electrons. The highest BCUT2D eigenvalue weighted by molar-refractivity contribution is 5.91. The van der Waals surface area contributed by atoms with E-state index in [0.29, 0.717) is 29.2 Å². The summed E-state index contributed by atoms with van der Waals surface area (Å²) in [6.07, 6.45) is 5.33. The molecule has 2 N–H and O–H groups in total. The van der Waals surface area contributed by atoms with Crippen molar-refractivity contribution in [1.29, 1.82) is 0 Å². The number of rotatable bonds is 9. The van der Waals surface area contributed by atoms with Crippen molar-refractivity contribution in [2.75, 3.05) is 13.7 Å². The van der Waals surface area contributed by atoms with Crippen molar-refractivity contribution in [3.05, 3.63) is 74.3 Å². The monoisotopic (exact) mass is 497 g/mol. The second-order valence-electron chi connectivity index (χ2n) is 8.43. The number of nitrogens with one attached hydrogen (secondary N) is 1. The van der Waals surface area contributed by atoms with Gasteiger partial charge in [-0.15, -0.1) is 5.10 Å². The van der Waals surface area contributed by atoms with Crippen molar-refractivity contribution in [2.45, 2.75) is 45.2 Å². The molecule has 3 atom stereocenters. The van der Waals surface area contributed by atoms with Gasteiger partial charge in [-0.05, 0) is 37.6 Å². The minimum absolute atomic E-state index is 0.0549. The van der Waals surface area contributed by atoms with Gasteiger partial charge in [0.2, 0.25) is 0 Å². The summed E-state index contributed by atoms with van der Waals surface area (Å²) in [5, 5.41) is 18.2. The van der Waals surface area contributed by atoms with E-state index in [1.54, 1.807) is 42.1 Å². The molecule has 12 nitrogen and oxygen atoms in total. The number of benzene rings is 1. The number of carbonyl (C=O) groups excluding carboxylic acids is 1. The maximum atomic E-state index is 12.3. The van der Waals surface area contributed by atoms with E-state index in [1.807, 2.05) is 0 Å². The van der Waals surface area contributed by atoms with E-state index in [4.69, 9.17) is 14.2 Å². The standard InChI is InChI=1S/C24H27N5O7/c1-14-10-28(24(33)25-23(14)32)22-9-18(21(12-30)36-22)29-11-17(26-27-29)13-35-19-7-6-16(5-4-15(2)31)8-20(19)34-3/h4-8,10-11,18,21-22,30H,9,12-13H2,1-3H3,(H,25,32,33)/b5-4+/t18-,21+,22+/m0/s1. The van der Waals surface area contributed by atoms with Gasteiger partial charge in [-0.3, -0.25) is 19.1 Å². The van der Waals surface area contributed by atoms with Crippen molar-refractivity contribution in [3.63, 3.8) is 0 Å². The fourth-order valence-corrected chi connectivity index (χ4v) is 3.94. The third-order valence-corrected chi connectivity index (χ3v) is 5.81. The number of hydrogen-bond donors (Lipinski definition) is 2. The number of allylic oxidation sites excluding steroid dienone is 1. The molecule has 0 unspecified atom stereocenters. The Morgan fingerprint density at radius 3 is 2.83 bits per heavy atom. The highest BCUT2D eigenvalue weighted by atomic mass is 16.5. The van der Waals surface area contributed by atoms with Crippen molar-refractivity contribution < 1.29 is 24.1 Å². The van der Waals surface area contributed by atoms with E-state index in [9.17, 15) is 19.5 Å². The van der Waals surface area contributed by atoms with Crippen molar-refractivity contribution in [3.8, 4) is 11.5 Å². The molecule has 0 spiro atoms. The third kappa shape index (κ3) is 5.44. The van der Waals surface area contributed by atoms with Crippen LogP contribution in [0.1, 0.15) is 42.4 Å². The van der Waals surface area contributed by atoms with Crippen molar-refractivity contribution >= 4 is 11.9 Å². The third-order valence-electron chi connectivity index (χ3n) is 5.81. The van der Waals surface area contributed by atoms with Gasteiger partial charge in [-0.1, -0.05) is 17.4 Å². The molecule has 1 aliphatic rings. The Morgan fingerprint density at radius 1 is 1.31 bits per heavy atom. The number of carbonyl (C=O) groups is 1. The molecule has 1 aliphatic heterocycles. The summed E-state index contributed by atoms with van der Waals surface area (Å²) in [7, 11) is 1.53. The number of aliphatic hydroxyl groups is 1. The lowest BCUT2D eigenvalue weighted by Gasteiger charge is -2.15. The molecule has 1 saturated heterocycles. The van der Waals surface area contributed by atoms with Crippen LogP contribution in [0.5, 0.6) is 11.5 Å². The lowest BCUT2D eigenvalue weighted by molar-refractivity contribution is -0.112. The number of aliphatic hydroxyl groups excluding tert-OH is 1. The second kappa shape index (κ2) is 10.7. The van der Waals surface area contributed by atoms with Gasteiger partial charge in [0.05, 0.1) is 26.0 Å². The van der Waals surface area contributed by atoms with Gasteiger partial charge in [0.25, 0.3) is 5.56 Å². The zero-order chi connectivity index (χ0) is 25.8. The Morgan fingerprint density at radius 2 is 2.11 bits per heavy atom. The molecule has 4 rings (SSSR count). The fourth-order valence-electron chi connectivity index (χ4n) is 3.94. The highest BCUT2D eigenvalue weighted by Gasteiger charge is 2.38. The Kier molecular flexibility index (Phi) is 7.46. The summed E-state index contributed by atoms with van der Waals surface area (Å²) < 4.78 is 20.0. The van der Waals surface area contributed by atoms with Gasteiger partial charge >= 0.3 is 5.69 Å². The maximum Gasteiger partial charge on any atom is 0.330 e. The molecule has 1 fully saturated rings. The zero-order valence-corrected chi connectivity index (χ0v) is 20.1. The number of methoxy groups -OCH3 is 1. The first-order chi connectivity index (χ1) is 17.3. The minimum atomic E-state index is -0.682. The molecular weight excluding hydrogens is 470 g/mol. The van der Waals surface area contributed by atoms with Crippen LogP contribution < -0.4 is 20.7 Å². The van der Waals surface area contributed by atoms with E-state index < -0.39 is 23.6 Å². The van der Waals surface area contributed by atoms with Gasteiger partial charge < -0.3 is 19.3 Å². The number of aromatic nitrogens is 5. The molecule has 3 heterocycles. The molecule has 0 saturated carbocycles. The number of nitrogens with zero attached hydrogens (tertiary/aromatic N) is 4. The number of aromatic amines is 1. The lowest BCUT2D eigenvalue weighted by atomic mass is 10.1. The molecular formula is C24H27N5O7. The van der Waals surface area contributed by atoms with E-state index in [0.717, 1.165) is 5.56 Å². The van der Waals surface area contributed by atoms with Gasteiger partial charge in [0, 0.05) is 18.2 Å². The normalized spacial score (nSPS) is 19.6. The molecule has 0 amide bonds. The molecule has 0 aliphatic carbocycles. The fraction of sp³-hybridized carbons (Fsp3) is 0.375. The minimum Gasteiger partial charge on any atom is -0.493 e. The lowest BCUT2D eigenvalue weighted by Crippen LogP contribution is -2.33. The van der Waals surface area contributed by atoms with E-state index in [1.165, 1.54) is 30.9 Å². The number of H-pyrrole nitrogens is 1. The van der Waals surface area contributed by atoms with Gasteiger partial charge in [0.1, 0.15) is 24.6 Å². The number of aryl methyl sites for hydroxylation is 1. The predicted octanol–water partition coefficient (Wildman–Crippen LogP) is 1.15. The summed E-state index contributed by atoms with van der Waals surface area (Å²) in [6.45, 7) is 2.90. The summed E-state index contributed by atoms with van der Waals surface area (Å²) in [5.74, 6) is 0.945. The van der Waals surface area contributed by atoms with Gasteiger partial charge in [0.15, 0.2) is 17.3 Å². The number of ketones is 1. The van der Waals surface area contributed by atoms with E-state index in [2.05, 4.69) is 15.3 Å². The zero-order valence-electron chi connectivity index (χ0n) is 20.1. The first-order valence-corrected chi connectivity index (χ1v) is 11.3. The van der Waals surface area contributed by atoms with Crippen LogP contribution in [0.4, 0.5) is 0 Å². The molecule has 36 heavy (non-hydrogen) atoms. The van der Waals surface area contributed by atoms with Crippen molar-refractivity contribution in [1.82, 2.24) is 24.5 Å². The summed E-state index contributed by atoms with van der Waals surface area (Å²) >= 11 is 0. The van der Waals surface area contributed by atoms with Crippen molar-refractivity contribution in [2.24, 2.45) is 0 Å². The topological polar surface area (TPSA) is 151 Å². The average Bonchev–Trinajstić information content (AvgIpc) is 3.50. The van der Waals surface area contributed by atoms with E-state index >= 15 is 0 Å². The highest BCUT2D eigenvalue weighted by Crippen LogP contribution is 2.36. The number of ether oxygens (including phenoxy) is 3. The maximum absolute atomic E-state index is 12.3. The van der Waals surface area contributed by atoms with Crippen LogP contribution in [-0.4, -0.2) is 55.3 Å². The SMILES string of the molecule is COc1cc(/C=C/C(C)=O)ccc1OCc1cn([C@H]2C[C@H](n3cc(C)c(=O)[nH]c3=O)O[C@@H]2CO)nn1. The summed E-state index contributed by atoms with van der Waals surface area (Å²) in [6, 6.07) is 4.91. The van der Waals surface area contributed by atoms with Crippen LogP contribution >= 0.6 is 0 Å². The Hall–Kier alpha value is -4.03. The van der Waals surface area contributed by atoms with Crippen LogP contribution in [0, 0.1) is 6.92 Å². The number of hydrogen-bond acceptors (Lipinski definition) is 9. The van der Waals surface area contributed by atoms with E-state index in [-0.39, 0.29) is 25.0 Å². The Balaban J connectivity index is 1.46. The van der Waals surface area contributed by atoms with Crippen LogP contribution in [0.2, 0.25) is 0 Å². The summed E-state index contributed by atoms with van der Waals surface area (Å²) in [5.41, 5.74) is 0.667. The average molecular weight is 498 g/mol. The molecule has 3 aromatic rings. The van der Waals surface area contributed by atoms with Crippen LogP contribution in [0.25, 0.3) is 6.08 Å². The second-order valence-corrected chi connectivity index (χ2v) is 8.43. The largest absolute Gasteiger partial charge is 0.493 e. The first-order valence-electron chi connectivity index (χ1n) is 11.3. The Bertz CT molecular complexity index is 1390. The first kappa shape index (κ1) is 25.1. The molecule has 12 heteroatoms. The molecule has 0 bridgehead atoms. The smallest absolute Gasteiger partial charge is 0.330 e. The Labute approximate surface area is 205 Å².